The third-order valence-electron chi connectivity index (χ3n) is 9.89. The van der Waals surface area contributed by atoms with Crippen molar-refractivity contribution in [1.82, 2.24) is 0 Å². The average Bonchev–Trinajstić information content (AvgIpc) is 3.14. The Kier molecular flexibility index (Phi) is 30.4. The second-order valence-electron chi connectivity index (χ2n) is 14.8. The Balaban J connectivity index is 2.38. The van der Waals surface area contributed by atoms with Gasteiger partial charge in [-0.15, -0.1) is 0 Å². The molecule has 314 valence electrons. The van der Waals surface area contributed by atoms with Crippen molar-refractivity contribution in [3.05, 3.63) is 12.2 Å². The van der Waals surface area contributed by atoms with E-state index in [1.807, 2.05) is 0 Å². The number of ether oxygens (including phenoxy) is 2. The summed E-state index contributed by atoms with van der Waals surface area (Å²) >= 11 is 0. The van der Waals surface area contributed by atoms with Crippen LogP contribution in [0, 0.1) is 0 Å². The highest BCUT2D eigenvalue weighted by Crippen LogP contribution is 2.47. The van der Waals surface area contributed by atoms with E-state index in [0.717, 1.165) is 44.9 Å². The number of unbranched alkanes of at least 4 members (excludes halogenated alkanes) is 21. The molecule has 1 saturated carbocycles. The largest absolute Gasteiger partial charge is 0.472 e. The van der Waals surface area contributed by atoms with Gasteiger partial charge in [0.15, 0.2) is 0 Å². The molecule has 6 N–H and O–H groups in total. The number of rotatable bonds is 35. The van der Waals surface area contributed by atoms with Crippen molar-refractivity contribution in [2.24, 2.45) is 0 Å². The minimum Gasteiger partial charge on any atom is -0.457 e. The minimum atomic E-state index is -5.00. The summed E-state index contributed by atoms with van der Waals surface area (Å²) in [5.74, 6) is -0.482. The number of carbonyl (C=O) groups is 1. The van der Waals surface area contributed by atoms with Crippen LogP contribution >= 0.6 is 7.82 Å². The molecule has 6 atom stereocenters. The molecule has 0 spiro atoms. The van der Waals surface area contributed by atoms with Crippen LogP contribution in [0.1, 0.15) is 174 Å². The summed E-state index contributed by atoms with van der Waals surface area (Å²) in [5.41, 5.74) is 0. The highest BCUT2D eigenvalue weighted by molar-refractivity contribution is 7.47. The fourth-order valence-electron chi connectivity index (χ4n) is 6.47. The lowest BCUT2D eigenvalue weighted by molar-refractivity contribution is -0.220. The molecule has 1 aliphatic carbocycles. The average molecular weight is 781 g/mol. The fourth-order valence-corrected chi connectivity index (χ4v) is 7.44. The zero-order valence-electron chi connectivity index (χ0n) is 33.1. The van der Waals surface area contributed by atoms with E-state index in [4.69, 9.17) is 18.5 Å². The number of hydrogen-bond donors (Lipinski definition) is 6. The molecule has 0 bridgehead atoms. The van der Waals surface area contributed by atoms with Gasteiger partial charge in [0.25, 0.3) is 0 Å². The third kappa shape index (κ3) is 25.1. The third-order valence-corrected chi connectivity index (χ3v) is 10.9. The highest BCUT2D eigenvalue weighted by atomic mass is 31.2. The first-order chi connectivity index (χ1) is 25.5. The van der Waals surface area contributed by atoms with Gasteiger partial charge in [-0.25, -0.2) is 4.57 Å². The maximum absolute atomic E-state index is 12.7. The number of phosphoric ester groups is 1. The molecule has 0 aliphatic heterocycles. The zero-order chi connectivity index (χ0) is 39.2. The summed E-state index contributed by atoms with van der Waals surface area (Å²) < 4.78 is 34.0. The van der Waals surface area contributed by atoms with Crippen LogP contribution in [0.2, 0.25) is 0 Å². The SMILES string of the molecule is CCCCCCCCC/C=C\CCCCCCCCCC(=O)OC(COCCCCCCCCCC)COP(=O)(O)OC1C(O)C(O)C(O)C(O)C1O. The second kappa shape index (κ2) is 32.2. The first-order valence-electron chi connectivity index (χ1n) is 21.0. The van der Waals surface area contributed by atoms with Crippen molar-refractivity contribution in [1.29, 1.82) is 0 Å². The van der Waals surface area contributed by atoms with E-state index in [2.05, 4.69) is 26.0 Å². The van der Waals surface area contributed by atoms with Crippen LogP contribution < -0.4 is 0 Å². The molecule has 12 nitrogen and oxygen atoms in total. The number of phosphoric acid groups is 1. The highest BCUT2D eigenvalue weighted by Gasteiger charge is 2.51. The molecule has 0 aromatic heterocycles. The van der Waals surface area contributed by atoms with Gasteiger partial charge in [-0.3, -0.25) is 13.8 Å². The smallest absolute Gasteiger partial charge is 0.457 e. The summed E-state index contributed by atoms with van der Waals surface area (Å²) in [7, 11) is -5.00. The maximum Gasteiger partial charge on any atom is 0.472 e. The van der Waals surface area contributed by atoms with Crippen molar-refractivity contribution >= 4 is 13.8 Å². The molecule has 13 heteroatoms. The van der Waals surface area contributed by atoms with E-state index in [1.54, 1.807) is 0 Å². The number of allylic oxidation sites excluding steroid dienone is 2. The molecular formula is C40H77O12P. The van der Waals surface area contributed by atoms with Gasteiger partial charge in [0.2, 0.25) is 0 Å². The summed E-state index contributed by atoms with van der Waals surface area (Å²) in [6, 6.07) is 0. The van der Waals surface area contributed by atoms with Crippen molar-refractivity contribution in [2.75, 3.05) is 19.8 Å². The monoisotopic (exact) mass is 781 g/mol. The summed E-state index contributed by atoms with van der Waals surface area (Å²) in [4.78, 5) is 23.0. The predicted molar refractivity (Wildman–Crippen MR) is 207 cm³/mol. The van der Waals surface area contributed by atoms with E-state index in [-0.39, 0.29) is 13.0 Å². The van der Waals surface area contributed by atoms with Crippen molar-refractivity contribution < 1.29 is 58.3 Å². The lowest BCUT2D eigenvalue weighted by atomic mass is 9.85. The Morgan fingerprint density at radius 3 is 1.49 bits per heavy atom. The van der Waals surface area contributed by atoms with Gasteiger partial charge < -0.3 is 39.9 Å². The fraction of sp³-hybridized carbons (Fsp3) is 0.925. The first-order valence-corrected chi connectivity index (χ1v) is 22.5. The molecule has 0 amide bonds. The Hall–Kier alpha value is -0.920. The van der Waals surface area contributed by atoms with Crippen LogP contribution in [-0.4, -0.2) is 98.9 Å². The molecule has 0 saturated heterocycles. The van der Waals surface area contributed by atoms with Crippen LogP contribution in [-0.2, 0) is 27.9 Å². The van der Waals surface area contributed by atoms with Gasteiger partial charge in [0.05, 0.1) is 13.2 Å². The van der Waals surface area contributed by atoms with Gasteiger partial charge in [0, 0.05) is 13.0 Å². The summed E-state index contributed by atoms with van der Waals surface area (Å²) in [6.45, 7) is 4.21. The quantitative estimate of drug-likeness (QED) is 0.0160. The van der Waals surface area contributed by atoms with Gasteiger partial charge in [0.1, 0.15) is 42.7 Å². The number of aliphatic hydroxyl groups excluding tert-OH is 5. The molecule has 0 aromatic rings. The van der Waals surface area contributed by atoms with Gasteiger partial charge in [-0.2, -0.15) is 0 Å². The number of esters is 1. The molecule has 1 rings (SSSR count). The van der Waals surface area contributed by atoms with Gasteiger partial charge >= 0.3 is 13.8 Å². The maximum atomic E-state index is 12.7. The van der Waals surface area contributed by atoms with Gasteiger partial charge in [-0.1, -0.05) is 142 Å². The Morgan fingerprint density at radius 1 is 0.585 bits per heavy atom. The summed E-state index contributed by atoms with van der Waals surface area (Å²) in [6.07, 6.45) is 20.2. The lowest BCUT2D eigenvalue weighted by Crippen LogP contribution is -2.64. The summed E-state index contributed by atoms with van der Waals surface area (Å²) in [5, 5.41) is 49.9. The topological polar surface area (TPSA) is 192 Å². The normalized spacial score (nSPS) is 23.7. The van der Waals surface area contributed by atoms with Crippen LogP contribution in [0.5, 0.6) is 0 Å². The van der Waals surface area contributed by atoms with Crippen LogP contribution in [0.4, 0.5) is 0 Å². The van der Waals surface area contributed by atoms with E-state index in [1.165, 1.54) is 103 Å². The van der Waals surface area contributed by atoms with E-state index < -0.39 is 63.1 Å². The van der Waals surface area contributed by atoms with Crippen LogP contribution in [0.15, 0.2) is 12.2 Å². The molecule has 53 heavy (non-hydrogen) atoms. The molecule has 0 heterocycles. The van der Waals surface area contributed by atoms with Crippen LogP contribution in [0.3, 0.4) is 0 Å². The van der Waals surface area contributed by atoms with Crippen LogP contribution in [0.25, 0.3) is 0 Å². The Bertz CT molecular complexity index is 937. The van der Waals surface area contributed by atoms with Gasteiger partial charge in [-0.05, 0) is 38.5 Å². The lowest BCUT2D eigenvalue weighted by Gasteiger charge is -2.41. The number of hydrogen-bond acceptors (Lipinski definition) is 11. The van der Waals surface area contributed by atoms with E-state index >= 15 is 0 Å². The molecule has 1 aliphatic rings. The van der Waals surface area contributed by atoms with E-state index in [9.17, 15) is 39.8 Å². The van der Waals surface area contributed by atoms with Crippen molar-refractivity contribution in [3.63, 3.8) is 0 Å². The molecule has 6 unspecified atom stereocenters. The number of aliphatic hydroxyl groups is 5. The number of carbonyl (C=O) groups excluding carboxylic acids is 1. The predicted octanol–water partition coefficient (Wildman–Crippen LogP) is 7.58. The van der Waals surface area contributed by atoms with Crippen molar-refractivity contribution in [3.8, 4) is 0 Å². The molecular weight excluding hydrogens is 703 g/mol. The standard InChI is InChI=1S/C40H77O12P/c1-3-5-7-9-11-13-14-15-16-17-18-19-20-21-22-23-25-27-29-34(41)51-33(31-49-30-28-26-24-12-10-8-6-4-2)32-50-53(47,48)52-40-38(45)36(43)35(42)37(44)39(40)46/h16-17,33,35-40,42-46H,3-15,18-32H2,1-2H3,(H,47,48)/b17-16-. The van der Waals surface area contributed by atoms with E-state index in [0.29, 0.717) is 13.0 Å². The van der Waals surface area contributed by atoms with Crippen molar-refractivity contribution in [2.45, 2.75) is 217 Å². The molecule has 0 radical (unpaired) electrons. The Morgan fingerprint density at radius 2 is 1.00 bits per heavy atom. The zero-order valence-corrected chi connectivity index (χ0v) is 34.0. The second-order valence-corrected chi connectivity index (χ2v) is 16.3. The Labute approximate surface area is 320 Å². The first kappa shape index (κ1) is 50.1. The molecule has 1 fully saturated rings. The minimum absolute atomic E-state index is 0.0746. The molecule has 0 aromatic carbocycles.